The summed E-state index contributed by atoms with van der Waals surface area (Å²) in [6.07, 6.45) is 2.02. The van der Waals surface area contributed by atoms with Gasteiger partial charge in [0.2, 0.25) is 0 Å². The number of hydrogen-bond donors (Lipinski definition) is 1. The van der Waals surface area contributed by atoms with Crippen LogP contribution in [0, 0.1) is 6.92 Å². The van der Waals surface area contributed by atoms with Gasteiger partial charge in [-0.05, 0) is 32.4 Å². The van der Waals surface area contributed by atoms with Gasteiger partial charge in [0.25, 0.3) is 0 Å². The first-order valence-corrected chi connectivity index (χ1v) is 4.77. The fourth-order valence-corrected chi connectivity index (χ4v) is 1.47. The summed E-state index contributed by atoms with van der Waals surface area (Å²) in [5.74, 6) is 0.928. The number of fused-ring (bicyclic) bond motifs is 1. The lowest BCUT2D eigenvalue weighted by Gasteiger charge is -2.12. The fraction of sp³-hybridized carbons (Fsp3) is 0.364. The molecule has 0 radical (unpaired) electrons. The molecule has 2 rings (SSSR count). The molecule has 0 amide bonds. The summed E-state index contributed by atoms with van der Waals surface area (Å²) in [5.41, 5.74) is 2.17. The third-order valence-electron chi connectivity index (χ3n) is 2.10. The van der Waals surface area contributed by atoms with Crippen molar-refractivity contribution in [1.82, 2.24) is 10.2 Å². The van der Waals surface area contributed by atoms with Crippen LogP contribution in [0.4, 0.5) is 0 Å². The number of H-pyrrole nitrogens is 1. The molecule has 2 aromatic rings. The van der Waals surface area contributed by atoms with Gasteiger partial charge < -0.3 is 4.74 Å². The lowest BCUT2D eigenvalue weighted by Crippen LogP contribution is -2.06. The molecule has 0 atom stereocenters. The van der Waals surface area contributed by atoms with E-state index in [1.807, 2.05) is 33.0 Å². The van der Waals surface area contributed by atoms with E-state index in [2.05, 4.69) is 16.3 Å². The molecule has 0 saturated heterocycles. The van der Waals surface area contributed by atoms with E-state index in [-0.39, 0.29) is 6.10 Å². The van der Waals surface area contributed by atoms with Crippen molar-refractivity contribution in [2.24, 2.45) is 0 Å². The second kappa shape index (κ2) is 3.33. The smallest absolute Gasteiger partial charge is 0.124 e. The van der Waals surface area contributed by atoms with Crippen LogP contribution >= 0.6 is 0 Å². The number of benzene rings is 1. The minimum Gasteiger partial charge on any atom is -0.491 e. The van der Waals surface area contributed by atoms with E-state index in [9.17, 15) is 0 Å². The number of nitrogens with one attached hydrogen (secondary N) is 1. The molecule has 0 aliphatic rings. The molecule has 0 aliphatic heterocycles. The summed E-state index contributed by atoms with van der Waals surface area (Å²) in [4.78, 5) is 0. The Morgan fingerprint density at radius 3 is 2.86 bits per heavy atom. The van der Waals surface area contributed by atoms with Crippen LogP contribution in [0.3, 0.4) is 0 Å². The molecule has 74 valence electrons. The van der Waals surface area contributed by atoms with Gasteiger partial charge in [0.05, 0.1) is 17.8 Å². The lowest BCUT2D eigenvalue weighted by atomic mass is 10.1. The highest BCUT2D eigenvalue weighted by atomic mass is 16.5. The fourth-order valence-electron chi connectivity index (χ4n) is 1.47. The predicted molar refractivity (Wildman–Crippen MR) is 56.6 cm³/mol. The predicted octanol–water partition coefficient (Wildman–Crippen LogP) is 2.66. The molecule has 0 fully saturated rings. The quantitative estimate of drug-likeness (QED) is 0.790. The van der Waals surface area contributed by atoms with Gasteiger partial charge in [-0.3, -0.25) is 5.10 Å². The molecule has 0 aliphatic carbocycles. The monoisotopic (exact) mass is 190 g/mol. The van der Waals surface area contributed by atoms with Crippen LogP contribution in [0.5, 0.6) is 5.75 Å². The largest absolute Gasteiger partial charge is 0.491 e. The Balaban J connectivity index is 2.48. The Kier molecular flexibility index (Phi) is 2.15. The topological polar surface area (TPSA) is 37.9 Å². The summed E-state index contributed by atoms with van der Waals surface area (Å²) in [6, 6.07) is 4.08. The van der Waals surface area contributed by atoms with Crippen molar-refractivity contribution in [2.75, 3.05) is 0 Å². The number of aromatic nitrogens is 2. The van der Waals surface area contributed by atoms with Crippen LogP contribution in [0.1, 0.15) is 19.4 Å². The molecule has 3 nitrogen and oxygen atoms in total. The number of aromatic amines is 1. The summed E-state index contributed by atoms with van der Waals surface area (Å²) < 4.78 is 5.67. The molecule has 0 saturated carbocycles. The standard InChI is InChI=1S/C11H14N2O/c1-7(2)14-11-5-10-9(4-8(11)3)6-12-13-10/h4-7H,1-3H3,(H,12,13). The molecule has 0 bridgehead atoms. The first-order chi connectivity index (χ1) is 6.66. The maximum atomic E-state index is 5.67. The number of rotatable bonds is 2. The summed E-state index contributed by atoms with van der Waals surface area (Å²) in [6.45, 7) is 6.09. The minimum atomic E-state index is 0.203. The number of ether oxygens (including phenoxy) is 1. The average molecular weight is 190 g/mol. The molecule has 1 heterocycles. The van der Waals surface area contributed by atoms with Crippen LogP contribution in [0.15, 0.2) is 18.3 Å². The molecule has 0 unspecified atom stereocenters. The molecule has 1 N–H and O–H groups in total. The van der Waals surface area contributed by atoms with Gasteiger partial charge in [-0.1, -0.05) is 0 Å². The molecular formula is C11H14N2O. The Bertz CT molecular complexity index is 445. The molecule has 14 heavy (non-hydrogen) atoms. The van der Waals surface area contributed by atoms with E-state index < -0.39 is 0 Å². The van der Waals surface area contributed by atoms with Gasteiger partial charge in [0.15, 0.2) is 0 Å². The van der Waals surface area contributed by atoms with Crippen molar-refractivity contribution in [3.8, 4) is 5.75 Å². The SMILES string of the molecule is Cc1cc2cn[nH]c2cc1OC(C)C. The third kappa shape index (κ3) is 1.58. The highest BCUT2D eigenvalue weighted by molar-refractivity contribution is 5.80. The van der Waals surface area contributed by atoms with Gasteiger partial charge in [-0.2, -0.15) is 5.10 Å². The van der Waals surface area contributed by atoms with Crippen molar-refractivity contribution in [1.29, 1.82) is 0 Å². The Hall–Kier alpha value is -1.51. The summed E-state index contributed by atoms with van der Waals surface area (Å²) >= 11 is 0. The van der Waals surface area contributed by atoms with Crippen molar-refractivity contribution in [3.63, 3.8) is 0 Å². The van der Waals surface area contributed by atoms with E-state index in [0.717, 1.165) is 22.2 Å². The third-order valence-corrected chi connectivity index (χ3v) is 2.10. The van der Waals surface area contributed by atoms with E-state index in [1.165, 1.54) is 0 Å². The maximum absolute atomic E-state index is 5.67. The highest BCUT2D eigenvalue weighted by Gasteiger charge is 2.05. The van der Waals surface area contributed by atoms with Gasteiger partial charge in [-0.15, -0.1) is 0 Å². The first-order valence-electron chi connectivity index (χ1n) is 4.77. The highest BCUT2D eigenvalue weighted by Crippen LogP contribution is 2.24. The second-order valence-corrected chi connectivity index (χ2v) is 3.74. The van der Waals surface area contributed by atoms with E-state index in [4.69, 9.17) is 4.74 Å². The zero-order valence-electron chi connectivity index (χ0n) is 8.66. The summed E-state index contributed by atoms with van der Waals surface area (Å²) in [7, 11) is 0. The second-order valence-electron chi connectivity index (χ2n) is 3.74. The van der Waals surface area contributed by atoms with Crippen LogP contribution in [-0.4, -0.2) is 16.3 Å². The van der Waals surface area contributed by atoms with Crippen molar-refractivity contribution >= 4 is 10.9 Å². The van der Waals surface area contributed by atoms with Crippen molar-refractivity contribution < 1.29 is 4.74 Å². The van der Waals surface area contributed by atoms with Gasteiger partial charge in [0, 0.05) is 11.5 Å². The Labute approximate surface area is 83.1 Å². The van der Waals surface area contributed by atoms with Crippen LogP contribution < -0.4 is 4.74 Å². The normalized spacial score (nSPS) is 11.1. The Morgan fingerprint density at radius 1 is 1.36 bits per heavy atom. The van der Waals surface area contributed by atoms with E-state index >= 15 is 0 Å². The molecule has 3 heteroatoms. The van der Waals surface area contributed by atoms with Crippen LogP contribution in [0.2, 0.25) is 0 Å². The van der Waals surface area contributed by atoms with Crippen LogP contribution in [-0.2, 0) is 0 Å². The summed E-state index contributed by atoms with van der Waals surface area (Å²) in [5, 5.41) is 8.04. The number of aryl methyl sites for hydroxylation is 1. The van der Waals surface area contributed by atoms with E-state index in [0.29, 0.717) is 0 Å². The molecule has 0 spiro atoms. The zero-order valence-corrected chi connectivity index (χ0v) is 8.66. The lowest BCUT2D eigenvalue weighted by molar-refractivity contribution is 0.241. The van der Waals surface area contributed by atoms with Gasteiger partial charge in [-0.25, -0.2) is 0 Å². The van der Waals surface area contributed by atoms with Crippen molar-refractivity contribution in [2.45, 2.75) is 26.9 Å². The van der Waals surface area contributed by atoms with Crippen LogP contribution in [0.25, 0.3) is 10.9 Å². The molecular weight excluding hydrogens is 176 g/mol. The number of hydrogen-bond acceptors (Lipinski definition) is 2. The molecule has 1 aromatic heterocycles. The van der Waals surface area contributed by atoms with Crippen molar-refractivity contribution in [3.05, 3.63) is 23.9 Å². The zero-order chi connectivity index (χ0) is 10.1. The number of nitrogens with zero attached hydrogens (tertiary/aromatic N) is 1. The van der Waals surface area contributed by atoms with Gasteiger partial charge in [0.1, 0.15) is 5.75 Å². The minimum absolute atomic E-state index is 0.203. The van der Waals surface area contributed by atoms with Gasteiger partial charge >= 0.3 is 0 Å². The average Bonchev–Trinajstić information content (AvgIpc) is 2.51. The molecule has 1 aromatic carbocycles. The first kappa shape index (κ1) is 9.06. The van der Waals surface area contributed by atoms with E-state index in [1.54, 1.807) is 0 Å². The Morgan fingerprint density at radius 2 is 2.14 bits per heavy atom. The maximum Gasteiger partial charge on any atom is 0.124 e.